The smallest absolute Gasteiger partial charge is 0.342 e. The average molecular weight is 418 g/mol. The van der Waals surface area contributed by atoms with Gasteiger partial charge in [0.05, 0.1) is 11.3 Å². The molecule has 0 fully saturated rings. The van der Waals surface area contributed by atoms with E-state index in [2.05, 4.69) is 58.7 Å². The fraction of sp³-hybridized carbons (Fsp3) is 0.107. The number of benzene rings is 4. The zero-order valence-corrected chi connectivity index (χ0v) is 17.9. The molecule has 0 aliphatic carbocycles. The number of anilines is 3. The van der Waals surface area contributed by atoms with Gasteiger partial charge in [0.1, 0.15) is 5.58 Å². The Labute approximate surface area is 185 Å². The van der Waals surface area contributed by atoms with Gasteiger partial charge < -0.3 is 14.6 Å². The first-order valence-electron chi connectivity index (χ1n) is 10.7. The van der Waals surface area contributed by atoms with Crippen molar-refractivity contribution >= 4 is 38.8 Å². The van der Waals surface area contributed by atoms with E-state index in [0.717, 1.165) is 44.3 Å². The standard InChI is InChI=1S/C28H22N2O2/c1-30(2)19-14-11-18(12-15-19)24-25-20-8-4-3-7-17(20)13-16-22(25)29-27-21-9-5-6-10-23(21)32-28(31)26(24)27/h3-16,24,29H,1-2H3/t24-/m0/s1. The highest BCUT2D eigenvalue weighted by molar-refractivity contribution is 6.00. The summed E-state index contributed by atoms with van der Waals surface area (Å²) in [5, 5.41) is 6.78. The summed E-state index contributed by atoms with van der Waals surface area (Å²) in [5.41, 5.74) is 6.10. The molecule has 6 rings (SSSR count). The Morgan fingerprint density at radius 1 is 0.781 bits per heavy atom. The Bertz CT molecular complexity index is 1550. The van der Waals surface area contributed by atoms with Crippen LogP contribution in [0.2, 0.25) is 0 Å². The topological polar surface area (TPSA) is 45.5 Å². The lowest BCUT2D eigenvalue weighted by Gasteiger charge is -2.31. The van der Waals surface area contributed by atoms with Gasteiger partial charge in [0.25, 0.3) is 0 Å². The maximum absolute atomic E-state index is 13.4. The van der Waals surface area contributed by atoms with Gasteiger partial charge in [-0.25, -0.2) is 4.79 Å². The zero-order chi connectivity index (χ0) is 21.8. The van der Waals surface area contributed by atoms with Crippen molar-refractivity contribution in [3.05, 3.63) is 112 Å². The first-order chi connectivity index (χ1) is 15.6. The summed E-state index contributed by atoms with van der Waals surface area (Å²) in [6.07, 6.45) is 0. The van der Waals surface area contributed by atoms with Crippen molar-refractivity contribution in [3.8, 4) is 0 Å². The van der Waals surface area contributed by atoms with Gasteiger partial charge in [0.2, 0.25) is 0 Å². The van der Waals surface area contributed by atoms with Crippen molar-refractivity contribution in [3.63, 3.8) is 0 Å². The zero-order valence-electron chi connectivity index (χ0n) is 17.9. The predicted molar refractivity (Wildman–Crippen MR) is 131 cm³/mol. The van der Waals surface area contributed by atoms with Gasteiger partial charge in [-0.05, 0) is 52.2 Å². The monoisotopic (exact) mass is 418 g/mol. The summed E-state index contributed by atoms with van der Waals surface area (Å²) in [4.78, 5) is 15.4. The third kappa shape index (κ3) is 2.73. The minimum Gasteiger partial charge on any atom is -0.422 e. The largest absolute Gasteiger partial charge is 0.422 e. The number of nitrogens with one attached hydrogen (secondary N) is 1. The summed E-state index contributed by atoms with van der Waals surface area (Å²) in [6, 6.07) is 28.7. The van der Waals surface area contributed by atoms with Gasteiger partial charge in [-0.15, -0.1) is 0 Å². The third-order valence-electron chi connectivity index (χ3n) is 6.40. The molecule has 0 radical (unpaired) electrons. The van der Waals surface area contributed by atoms with E-state index in [1.165, 1.54) is 0 Å². The molecule has 0 spiro atoms. The van der Waals surface area contributed by atoms with E-state index in [-0.39, 0.29) is 11.5 Å². The van der Waals surface area contributed by atoms with Crippen LogP contribution in [0.3, 0.4) is 0 Å². The van der Waals surface area contributed by atoms with E-state index in [0.29, 0.717) is 11.1 Å². The van der Waals surface area contributed by atoms with Crippen molar-refractivity contribution in [2.24, 2.45) is 0 Å². The second-order valence-corrected chi connectivity index (χ2v) is 8.47. The summed E-state index contributed by atoms with van der Waals surface area (Å²) < 4.78 is 5.80. The molecule has 0 saturated heterocycles. The molecule has 1 aliphatic heterocycles. The molecule has 1 N–H and O–H groups in total. The Hall–Kier alpha value is -4.05. The lowest BCUT2D eigenvalue weighted by molar-refractivity contribution is 0.549. The molecule has 1 atom stereocenters. The molecule has 2 heterocycles. The molecule has 5 aromatic rings. The second kappa shape index (κ2) is 6.99. The van der Waals surface area contributed by atoms with Gasteiger partial charge in [-0.3, -0.25) is 0 Å². The van der Waals surface area contributed by atoms with Crippen LogP contribution < -0.4 is 15.8 Å². The van der Waals surface area contributed by atoms with Crippen LogP contribution in [0.25, 0.3) is 21.7 Å². The number of nitrogens with zero attached hydrogens (tertiary/aromatic N) is 1. The van der Waals surface area contributed by atoms with Crippen molar-refractivity contribution in [2.75, 3.05) is 24.3 Å². The van der Waals surface area contributed by atoms with E-state index in [9.17, 15) is 4.79 Å². The van der Waals surface area contributed by atoms with E-state index < -0.39 is 0 Å². The predicted octanol–water partition coefficient (Wildman–Crippen LogP) is 6.25. The van der Waals surface area contributed by atoms with Crippen LogP contribution in [-0.2, 0) is 0 Å². The molecule has 0 saturated carbocycles. The molecular formula is C28H22N2O2. The lowest BCUT2D eigenvalue weighted by Crippen LogP contribution is -2.23. The number of para-hydroxylation sites is 1. The molecule has 4 nitrogen and oxygen atoms in total. The second-order valence-electron chi connectivity index (χ2n) is 8.47. The highest BCUT2D eigenvalue weighted by Crippen LogP contribution is 2.48. The van der Waals surface area contributed by atoms with E-state index in [1.807, 2.05) is 50.5 Å². The highest BCUT2D eigenvalue weighted by atomic mass is 16.4. The van der Waals surface area contributed by atoms with Gasteiger partial charge in [-0.1, -0.05) is 54.6 Å². The molecule has 156 valence electrons. The maximum Gasteiger partial charge on any atom is 0.342 e. The number of fused-ring (bicyclic) bond motifs is 6. The number of hydrogen-bond donors (Lipinski definition) is 1. The van der Waals surface area contributed by atoms with Gasteiger partial charge in [-0.2, -0.15) is 0 Å². The Morgan fingerprint density at radius 2 is 1.50 bits per heavy atom. The van der Waals surface area contributed by atoms with E-state index >= 15 is 0 Å². The van der Waals surface area contributed by atoms with Crippen LogP contribution in [0.4, 0.5) is 17.1 Å². The molecule has 1 aliphatic rings. The van der Waals surface area contributed by atoms with Gasteiger partial charge in [0, 0.05) is 36.8 Å². The van der Waals surface area contributed by atoms with Gasteiger partial charge >= 0.3 is 5.63 Å². The lowest BCUT2D eigenvalue weighted by atomic mass is 9.79. The van der Waals surface area contributed by atoms with Crippen LogP contribution in [0.15, 0.2) is 94.1 Å². The van der Waals surface area contributed by atoms with Crippen molar-refractivity contribution in [1.29, 1.82) is 0 Å². The summed E-state index contributed by atoms with van der Waals surface area (Å²) >= 11 is 0. The van der Waals surface area contributed by atoms with Crippen molar-refractivity contribution in [2.45, 2.75) is 5.92 Å². The molecule has 0 unspecified atom stereocenters. The average Bonchev–Trinajstić information content (AvgIpc) is 2.83. The molecule has 1 aromatic heterocycles. The van der Waals surface area contributed by atoms with E-state index in [4.69, 9.17) is 4.42 Å². The quantitative estimate of drug-likeness (QED) is 0.338. The molecule has 32 heavy (non-hydrogen) atoms. The molecular weight excluding hydrogens is 396 g/mol. The van der Waals surface area contributed by atoms with Crippen LogP contribution >= 0.6 is 0 Å². The normalized spacial score (nSPS) is 14.6. The Balaban J connectivity index is 1.71. The van der Waals surface area contributed by atoms with Crippen molar-refractivity contribution in [1.82, 2.24) is 0 Å². The third-order valence-corrected chi connectivity index (χ3v) is 6.40. The minimum absolute atomic E-state index is 0.232. The summed E-state index contributed by atoms with van der Waals surface area (Å²) in [5.74, 6) is -0.232. The maximum atomic E-state index is 13.4. The molecule has 4 heteroatoms. The fourth-order valence-electron chi connectivity index (χ4n) is 4.85. The first kappa shape index (κ1) is 18.7. The Kier molecular flexibility index (Phi) is 4.08. The van der Waals surface area contributed by atoms with E-state index in [1.54, 1.807) is 0 Å². The summed E-state index contributed by atoms with van der Waals surface area (Å²) in [7, 11) is 4.05. The summed E-state index contributed by atoms with van der Waals surface area (Å²) in [6.45, 7) is 0. The van der Waals surface area contributed by atoms with Crippen LogP contribution in [0, 0.1) is 0 Å². The van der Waals surface area contributed by atoms with Crippen LogP contribution in [0.1, 0.15) is 22.6 Å². The Morgan fingerprint density at radius 3 is 2.28 bits per heavy atom. The fourth-order valence-corrected chi connectivity index (χ4v) is 4.85. The number of hydrogen-bond acceptors (Lipinski definition) is 4. The minimum atomic E-state index is -0.300. The van der Waals surface area contributed by atoms with Gasteiger partial charge in [0.15, 0.2) is 0 Å². The van der Waals surface area contributed by atoms with Crippen LogP contribution in [0.5, 0.6) is 0 Å². The molecule has 0 amide bonds. The number of rotatable bonds is 2. The van der Waals surface area contributed by atoms with Crippen molar-refractivity contribution < 1.29 is 4.42 Å². The SMILES string of the molecule is CN(C)c1ccc([C@@H]2c3c(c4ccccc4oc3=O)Nc3ccc4ccccc4c32)cc1. The molecule has 4 aromatic carbocycles. The molecule has 0 bridgehead atoms. The first-order valence-corrected chi connectivity index (χ1v) is 10.7. The van der Waals surface area contributed by atoms with Crippen LogP contribution in [-0.4, -0.2) is 14.1 Å². The highest BCUT2D eigenvalue weighted by Gasteiger charge is 2.33.